The van der Waals surface area contributed by atoms with Crippen molar-refractivity contribution in [1.82, 2.24) is 0 Å². The molecule has 1 rings (SSSR count). The highest BCUT2D eigenvalue weighted by molar-refractivity contribution is 14.1. The molecule has 1 aromatic carbocycles. The second-order valence-corrected chi connectivity index (χ2v) is 3.03. The lowest BCUT2D eigenvalue weighted by Gasteiger charge is -2.01. The number of hydrogen-bond donors (Lipinski definition) is 0. The van der Waals surface area contributed by atoms with E-state index in [0.717, 1.165) is 5.56 Å². The topological polar surface area (TPSA) is 35.5 Å². The van der Waals surface area contributed by atoms with Gasteiger partial charge in [-0.05, 0) is 5.56 Å². The summed E-state index contributed by atoms with van der Waals surface area (Å²) < 4.78 is 9.30. The monoisotopic (exact) mass is 292 g/mol. The summed E-state index contributed by atoms with van der Waals surface area (Å²) in [5, 5.41) is 0. The Labute approximate surface area is 90.7 Å². The number of hydrogen-bond acceptors (Lipinski definition) is 3. The summed E-state index contributed by atoms with van der Waals surface area (Å²) in [7, 11) is 0. The Bertz CT molecular complexity index is 261. The quantitative estimate of drug-likeness (QED) is 0.484. The molecule has 70 valence electrons. The first-order valence-electron chi connectivity index (χ1n) is 3.76. The fourth-order valence-electron chi connectivity index (χ4n) is 0.902. The van der Waals surface area contributed by atoms with E-state index in [9.17, 15) is 4.79 Å². The molecule has 1 aromatic rings. The van der Waals surface area contributed by atoms with Crippen LogP contribution in [0.15, 0.2) is 30.3 Å². The molecule has 4 heteroatoms. The van der Waals surface area contributed by atoms with Crippen LogP contribution in [0.5, 0.6) is 0 Å². The van der Waals surface area contributed by atoms with Crippen LogP contribution in [0.2, 0.25) is 0 Å². The number of carbonyl (C=O) groups is 1. The van der Waals surface area contributed by atoms with Crippen molar-refractivity contribution in [2.75, 3.05) is 6.79 Å². The maximum Gasteiger partial charge on any atom is 0.312 e. The van der Waals surface area contributed by atoms with Crippen LogP contribution in [0.3, 0.4) is 0 Å². The van der Waals surface area contributed by atoms with Crippen molar-refractivity contribution in [2.24, 2.45) is 0 Å². The minimum atomic E-state index is -0.275. The molecule has 0 heterocycles. The highest BCUT2D eigenvalue weighted by atomic mass is 127. The average Bonchev–Trinajstić information content (AvgIpc) is 2.16. The molecule has 0 fully saturated rings. The molecule has 0 atom stereocenters. The van der Waals surface area contributed by atoms with E-state index in [0.29, 0.717) is 6.42 Å². The molecule has 0 radical (unpaired) electrons. The van der Waals surface area contributed by atoms with E-state index in [4.69, 9.17) is 4.74 Å². The summed E-state index contributed by atoms with van der Waals surface area (Å²) >= 11 is 1.67. The Morgan fingerprint density at radius 2 is 2.00 bits per heavy atom. The molecule has 13 heavy (non-hydrogen) atoms. The normalized spacial score (nSPS) is 9.62. The van der Waals surface area contributed by atoms with Crippen molar-refractivity contribution < 1.29 is 12.6 Å². The Hall–Kier alpha value is -0.620. The second kappa shape index (κ2) is 5.93. The van der Waals surface area contributed by atoms with Crippen molar-refractivity contribution >= 4 is 29.0 Å². The van der Waals surface area contributed by atoms with E-state index in [1.165, 1.54) is 0 Å². The van der Waals surface area contributed by atoms with E-state index in [1.54, 1.807) is 23.0 Å². The molecule has 0 saturated carbocycles. The number of carbonyl (C=O) groups excluding carboxylic acids is 1. The Kier molecular flexibility index (Phi) is 4.77. The van der Waals surface area contributed by atoms with E-state index in [2.05, 4.69) is 3.07 Å². The van der Waals surface area contributed by atoms with Gasteiger partial charge >= 0.3 is 5.97 Å². The van der Waals surface area contributed by atoms with Gasteiger partial charge in [-0.3, -0.25) is 7.86 Å². The zero-order chi connectivity index (χ0) is 9.52. The molecule has 0 saturated heterocycles. The van der Waals surface area contributed by atoms with Gasteiger partial charge in [-0.15, -0.1) is 0 Å². The van der Waals surface area contributed by atoms with Crippen LogP contribution < -0.4 is 0 Å². The lowest BCUT2D eigenvalue weighted by atomic mass is 10.2. The van der Waals surface area contributed by atoms with Gasteiger partial charge in [0.05, 0.1) is 6.42 Å². The number of rotatable bonds is 4. The van der Waals surface area contributed by atoms with Gasteiger partial charge < -0.3 is 4.74 Å². The third-order valence-corrected chi connectivity index (χ3v) is 1.71. The van der Waals surface area contributed by atoms with Gasteiger partial charge in [-0.1, -0.05) is 30.3 Å². The first kappa shape index (κ1) is 10.5. The molecular formula is C9H9IO3. The van der Waals surface area contributed by atoms with Gasteiger partial charge in [0.2, 0.25) is 6.79 Å². The minimum absolute atomic E-state index is 0.00618. The molecule has 3 nitrogen and oxygen atoms in total. The predicted molar refractivity (Wildman–Crippen MR) is 56.2 cm³/mol. The van der Waals surface area contributed by atoms with Crippen molar-refractivity contribution in [3.8, 4) is 0 Å². The smallest absolute Gasteiger partial charge is 0.312 e. The van der Waals surface area contributed by atoms with Crippen LogP contribution in [0.1, 0.15) is 5.56 Å². The highest BCUT2D eigenvalue weighted by Gasteiger charge is 2.02. The second-order valence-electron chi connectivity index (χ2n) is 2.41. The molecule has 0 aliphatic carbocycles. The van der Waals surface area contributed by atoms with E-state index >= 15 is 0 Å². The van der Waals surface area contributed by atoms with Crippen molar-refractivity contribution in [2.45, 2.75) is 6.42 Å². The molecule has 0 N–H and O–H groups in total. The van der Waals surface area contributed by atoms with E-state index in [-0.39, 0.29) is 12.8 Å². The molecule has 0 unspecified atom stereocenters. The summed E-state index contributed by atoms with van der Waals surface area (Å²) in [6.45, 7) is 0.00618. The number of halogens is 1. The van der Waals surface area contributed by atoms with Crippen LogP contribution in [0.4, 0.5) is 0 Å². The maximum absolute atomic E-state index is 11.1. The van der Waals surface area contributed by atoms with Gasteiger partial charge in [0.25, 0.3) is 0 Å². The van der Waals surface area contributed by atoms with Gasteiger partial charge in [-0.2, -0.15) is 0 Å². The number of esters is 1. The van der Waals surface area contributed by atoms with Crippen LogP contribution in [-0.2, 0) is 19.0 Å². The van der Waals surface area contributed by atoms with Gasteiger partial charge in [0.1, 0.15) is 23.0 Å². The third kappa shape index (κ3) is 4.23. The van der Waals surface area contributed by atoms with Crippen LogP contribution in [0, 0.1) is 0 Å². The summed E-state index contributed by atoms with van der Waals surface area (Å²) in [6.07, 6.45) is 0.292. The van der Waals surface area contributed by atoms with E-state index < -0.39 is 0 Å². The Morgan fingerprint density at radius 3 is 2.62 bits per heavy atom. The van der Waals surface area contributed by atoms with Crippen LogP contribution >= 0.6 is 23.0 Å². The average molecular weight is 292 g/mol. The first-order chi connectivity index (χ1) is 6.33. The predicted octanol–water partition coefficient (Wildman–Crippen LogP) is 2.10. The fraction of sp³-hybridized carbons (Fsp3) is 0.222. The van der Waals surface area contributed by atoms with Crippen molar-refractivity contribution in [3.05, 3.63) is 35.9 Å². The lowest BCUT2D eigenvalue weighted by Crippen LogP contribution is -2.08. The van der Waals surface area contributed by atoms with Crippen molar-refractivity contribution in [3.63, 3.8) is 0 Å². The summed E-state index contributed by atoms with van der Waals surface area (Å²) in [6, 6.07) is 9.44. The zero-order valence-corrected chi connectivity index (χ0v) is 9.06. The molecule has 0 spiro atoms. The number of ether oxygens (including phenoxy) is 1. The summed E-state index contributed by atoms with van der Waals surface area (Å²) in [4.78, 5) is 11.1. The first-order valence-corrected chi connectivity index (χ1v) is 4.64. The molecule has 0 aliphatic heterocycles. The van der Waals surface area contributed by atoms with E-state index in [1.807, 2.05) is 30.3 Å². The standard InChI is InChI=1S/C9H9IO3/c10-13-7-12-9(11)6-8-4-2-1-3-5-8/h1-5H,6-7H2. The molecular weight excluding hydrogens is 283 g/mol. The summed E-state index contributed by atoms with van der Waals surface area (Å²) in [5.41, 5.74) is 0.945. The zero-order valence-electron chi connectivity index (χ0n) is 6.90. The Balaban J connectivity index is 2.37. The highest BCUT2D eigenvalue weighted by Crippen LogP contribution is 2.01. The molecule has 0 aromatic heterocycles. The Morgan fingerprint density at radius 1 is 1.31 bits per heavy atom. The minimum Gasteiger partial charge on any atom is -0.437 e. The van der Waals surface area contributed by atoms with Crippen LogP contribution in [-0.4, -0.2) is 12.8 Å². The van der Waals surface area contributed by atoms with Gasteiger partial charge in [-0.25, -0.2) is 0 Å². The fourth-order valence-corrected chi connectivity index (χ4v) is 1.03. The number of benzene rings is 1. The van der Waals surface area contributed by atoms with Crippen molar-refractivity contribution in [1.29, 1.82) is 0 Å². The SMILES string of the molecule is O=C(Cc1ccccc1)OCOI. The molecule has 0 bridgehead atoms. The summed E-state index contributed by atoms with van der Waals surface area (Å²) in [5.74, 6) is -0.275. The molecule has 0 aliphatic rings. The third-order valence-electron chi connectivity index (χ3n) is 1.46. The van der Waals surface area contributed by atoms with Gasteiger partial charge in [0.15, 0.2) is 0 Å². The van der Waals surface area contributed by atoms with Gasteiger partial charge in [0, 0.05) is 0 Å². The van der Waals surface area contributed by atoms with Crippen LogP contribution in [0.25, 0.3) is 0 Å². The molecule has 0 amide bonds. The lowest BCUT2D eigenvalue weighted by molar-refractivity contribution is -0.147. The maximum atomic E-state index is 11.1. The largest absolute Gasteiger partial charge is 0.437 e.